The van der Waals surface area contributed by atoms with Crippen molar-refractivity contribution in [1.82, 2.24) is 19.5 Å². The normalized spacial score (nSPS) is 13.2. The summed E-state index contributed by atoms with van der Waals surface area (Å²) in [4.78, 5) is 15.3. The van der Waals surface area contributed by atoms with Gasteiger partial charge in [-0.15, -0.1) is 0 Å². The smallest absolute Gasteiger partial charge is 0.164 e. The Morgan fingerprint density at radius 1 is 0.333 bits per heavy atom. The molecule has 0 amide bonds. The molecule has 12 rings (SSSR count). The average Bonchev–Trinajstić information content (AvgIpc) is 3.84. The third kappa shape index (κ3) is 5.49. The van der Waals surface area contributed by atoms with E-state index in [0.29, 0.717) is 17.5 Å². The second-order valence-corrected chi connectivity index (χ2v) is 15.5. The summed E-state index contributed by atoms with van der Waals surface area (Å²) in [6.45, 7) is 0. The second-order valence-electron chi connectivity index (χ2n) is 15.5. The number of para-hydroxylation sites is 1. The van der Waals surface area contributed by atoms with Gasteiger partial charge in [0.05, 0.1) is 11.0 Å². The zero-order chi connectivity index (χ0) is 39.6. The van der Waals surface area contributed by atoms with Crippen LogP contribution in [0.3, 0.4) is 0 Å². The minimum absolute atomic E-state index is 0.00346. The molecule has 4 nitrogen and oxygen atoms in total. The van der Waals surface area contributed by atoms with Crippen molar-refractivity contribution in [2.75, 3.05) is 0 Å². The lowest BCUT2D eigenvalue weighted by atomic mass is 9.85. The monoisotopic (exact) mass is 764 g/mol. The standard InChI is InChI=1S/C56H36N4/c1-4-17-37(18-5-1)54-57-55(38-19-6-2-7-20-38)59-56(58-54)47-27-15-14-26-45(47)52-44-25-13-12-24-43(44)48-34-39(28-31-46(48)52)40-30-32-50-49(35-40)53-42-23-11-10-16-36(42)29-33-51(53)60(50)41-21-8-3-9-22-41/h1-35,52H. The number of benzene rings is 9. The Hall–Kier alpha value is -7.95. The van der Waals surface area contributed by atoms with Gasteiger partial charge in [0.1, 0.15) is 0 Å². The summed E-state index contributed by atoms with van der Waals surface area (Å²) in [5.41, 5.74) is 15.1. The molecule has 280 valence electrons. The van der Waals surface area contributed by atoms with Crippen LogP contribution in [0.4, 0.5) is 0 Å². The van der Waals surface area contributed by atoms with E-state index in [9.17, 15) is 0 Å². The van der Waals surface area contributed by atoms with Crippen molar-refractivity contribution >= 4 is 32.6 Å². The van der Waals surface area contributed by atoms with Crippen LogP contribution in [0.25, 0.3) is 94.7 Å². The van der Waals surface area contributed by atoms with Gasteiger partial charge in [0.2, 0.25) is 0 Å². The van der Waals surface area contributed by atoms with Crippen molar-refractivity contribution in [3.63, 3.8) is 0 Å². The van der Waals surface area contributed by atoms with Crippen molar-refractivity contribution < 1.29 is 0 Å². The summed E-state index contributed by atoms with van der Waals surface area (Å²) in [5, 5.41) is 5.04. The van der Waals surface area contributed by atoms with E-state index >= 15 is 0 Å². The molecule has 1 atom stereocenters. The van der Waals surface area contributed by atoms with Gasteiger partial charge < -0.3 is 4.57 Å². The Bertz CT molecular complexity index is 3370. The Labute approximate surface area is 347 Å². The van der Waals surface area contributed by atoms with Crippen molar-refractivity contribution in [2.24, 2.45) is 0 Å². The van der Waals surface area contributed by atoms with Gasteiger partial charge in [-0.3, -0.25) is 0 Å². The molecule has 0 bridgehead atoms. The Morgan fingerprint density at radius 2 is 0.867 bits per heavy atom. The highest BCUT2D eigenvalue weighted by atomic mass is 15.0. The first-order valence-corrected chi connectivity index (χ1v) is 20.5. The molecule has 1 aliphatic rings. The third-order valence-electron chi connectivity index (χ3n) is 12.1. The lowest BCUT2D eigenvalue weighted by Gasteiger charge is -2.19. The van der Waals surface area contributed by atoms with Crippen molar-refractivity contribution in [3.05, 3.63) is 229 Å². The van der Waals surface area contributed by atoms with Gasteiger partial charge in [0.25, 0.3) is 0 Å². The number of fused-ring (bicyclic) bond motifs is 8. The average molecular weight is 765 g/mol. The summed E-state index contributed by atoms with van der Waals surface area (Å²) < 4.78 is 2.40. The van der Waals surface area contributed by atoms with Crippen LogP contribution in [0, 0.1) is 0 Å². The van der Waals surface area contributed by atoms with Gasteiger partial charge in [-0.1, -0.05) is 176 Å². The predicted octanol–water partition coefficient (Wildman–Crippen LogP) is 14.0. The fourth-order valence-corrected chi connectivity index (χ4v) is 9.42. The predicted molar refractivity (Wildman–Crippen MR) is 246 cm³/mol. The molecule has 2 heterocycles. The molecule has 1 aliphatic carbocycles. The molecule has 11 aromatic rings. The fraction of sp³-hybridized carbons (Fsp3) is 0.0179. The van der Waals surface area contributed by atoms with E-state index in [1.807, 2.05) is 36.4 Å². The molecule has 0 N–H and O–H groups in total. The van der Waals surface area contributed by atoms with Gasteiger partial charge in [0.15, 0.2) is 17.5 Å². The maximum Gasteiger partial charge on any atom is 0.164 e. The molecule has 0 fully saturated rings. The van der Waals surface area contributed by atoms with Crippen molar-refractivity contribution in [1.29, 1.82) is 0 Å². The highest BCUT2D eigenvalue weighted by Crippen LogP contribution is 2.51. The maximum atomic E-state index is 5.16. The largest absolute Gasteiger partial charge is 0.309 e. The molecule has 2 aromatic heterocycles. The van der Waals surface area contributed by atoms with E-state index < -0.39 is 0 Å². The summed E-state index contributed by atoms with van der Waals surface area (Å²) in [6, 6.07) is 75.9. The number of nitrogens with zero attached hydrogens (tertiary/aromatic N) is 4. The molecule has 0 radical (unpaired) electrons. The maximum absolute atomic E-state index is 5.16. The second kappa shape index (κ2) is 13.9. The quantitative estimate of drug-likeness (QED) is 0.169. The van der Waals surface area contributed by atoms with E-state index in [4.69, 9.17) is 15.0 Å². The van der Waals surface area contributed by atoms with Crippen molar-refractivity contribution in [3.8, 4) is 62.1 Å². The van der Waals surface area contributed by atoms with E-state index in [-0.39, 0.29) is 5.92 Å². The van der Waals surface area contributed by atoms with Crippen molar-refractivity contribution in [2.45, 2.75) is 5.92 Å². The fourth-order valence-electron chi connectivity index (χ4n) is 9.42. The molecular weight excluding hydrogens is 729 g/mol. The lowest BCUT2D eigenvalue weighted by molar-refractivity contribution is 1.00. The first kappa shape index (κ1) is 34.1. The van der Waals surface area contributed by atoms with Crippen LogP contribution in [0.5, 0.6) is 0 Å². The molecule has 0 saturated heterocycles. The van der Waals surface area contributed by atoms with E-state index in [0.717, 1.165) is 22.4 Å². The number of rotatable bonds is 6. The topological polar surface area (TPSA) is 43.6 Å². The molecule has 1 unspecified atom stereocenters. The Morgan fingerprint density at radius 3 is 1.60 bits per heavy atom. The highest BCUT2D eigenvalue weighted by Gasteiger charge is 2.32. The van der Waals surface area contributed by atoms with Crippen LogP contribution in [0.15, 0.2) is 212 Å². The molecular formula is C56H36N4. The summed E-state index contributed by atoms with van der Waals surface area (Å²) in [7, 11) is 0. The van der Waals surface area contributed by atoms with Gasteiger partial charge in [-0.05, 0) is 86.1 Å². The SMILES string of the molecule is c1ccc(-c2nc(-c3ccccc3)nc(-c3ccccc3C3c4ccccc4-c4cc(-c5ccc6c(c5)c5c7ccccc7ccc5n6-c5ccccc5)ccc43)n2)cc1. The number of hydrogen-bond acceptors (Lipinski definition) is 3. The third-order valence-corrected chi connectivity index (χ3v) is 12.1. The molecule has 0 spiro atoms. The highest BCUT2D eigenvalue weighted by molar-refractivity contribution is 6.22. The van der Waals surface area contributed by atoms with E-state index in [1.165, 1.54) is 71.5 Å². The van der Waals surface area contributed by atoms with Crippen LogP contribution < -0.4 is 0 Å². The van der Waals surface area contributed by atoms with Crippen LogP contribution in [-0.2, 0) is 0 Å². The molecule has 4 heteroatoms. The van der Waals surface area contributed by atoms with E-state index in [2.05, 4.69) is 180 Å². The van der Waals surface area contributed by atoms with Crippen LogP contribution in [0.1, 0.15) is 22.6 Å². The minimum Gasteiger partial charge on any atom is -0.309 e. The summed E-state index contributed by atoms with van der Waals surface area (Å²) in [5.74, 6) is 1.97. The lowest BCUT2D eigenvalue weighted by Crippen LogP contribution is -2.05. The van der Waals surface area contributed by atoms with Gasteiger partial charge in [-0.2, -0.15) is 0 Å². The molecule has 60 heavy (non-hydrogen) atoms. The summed E-state index contributed by atoms with van der Waals surface area (Å²) >= 11 is 0. The first-order valence-electron chi connectivity index (χ1n) is 20.5. The summed E-state index contributed by atoms with van der Waals surface area (Å²) in [6.07, 6.45) is 0. The first-order chi connectivity index (χ1) is 29.8. The van der Waals surface area contributed by atoms with Crippen LogP contribution in [0.2, 0.25) is 0 Å². The Balaban J connectivity index is 1.02. The Kier molecular flexibility index (Phi) is 7.88. The van der Waals surface area contributed by atoms with E-state index in [1.54, 1.807) is 0 Å². The zero-order valence-corrected chi connectivity index (χ0v) is 32.6. The van der Waals surface area contributed by atoms with Crippen LogP contribution in [-0.4, -0.2) is 19.5 Å². The zero-order valence-electron chi connectivity index (χ0n) is 32.6. The van der Waals surface area contributed by atoms with Gasteiger partial charge in [-0.25, -0.2) is 15.0 Å². The number of aromatic nitrogens is 4. The minimum atomic E-state index is -0.00346. The number of hydrogen-bond donors (Lipinski definition) is 0. The molecule has 0 saturated carbocycles. The van der Waals surface area contributed by atoms with Gasteiger partial charge >= 0.3 is 0 Å². The van der Waals surface area contributed by atoms with Crippen LogP contribution >= 0.6 is 0 Å². The molecule has 0 aliphatic heterocycles. The van der Waals surface area contributed by atoms with Gasteiger partial charge in [0, 0.05) is 39.1 Å². The molecule has 9 aromatic carbocycles.